The van der Waals surface area contributed by atoms with Gasteiger partial charge in [-0.3, -0.25) is 9.59 Å². The number of hydrogen-bond acceptors (Lipinski definition) is 5. The highest BCUT2D eigenvalue weighted by Gasteiger charge is 2.17. The van der Waals surface area contributed by atoms with Gasteiger partial charge in [-0.1, -0.05) is 223 Å². The first-order valence-corrected chi connectivity index (χ1v) is 26.8. The maximum atomic E-state index is 12.8. The molecule has 0 fully saturated rings. The van der Waals surface area contributed by atoms with Crippen LogP contribution in [0, 0.1) is 0 Å². The number of rotatable bonds is 49. The molecule has 5 nitrogen and oxygen atoms in total. The average Bonchev–Trinajstić information content (AvgIpc) is 3.27. The predicted molar refractivity (Wildman–Crippen MR) is 270 cm³/mol. The molecule has 0 saturated heterocycles. The van der Waals surface area contributed by atoms with Crippen LogP contribution < -0.4 is 0 Å². The van der Waals surface area contributed by atoms with E-state index in [0.717, 1.165) is 83.5 Å². The fourth-order valence-corrected chi connectivity index (χ4v) is 7.49. The van der Waals surface area contributed by atoms with Crippen molar-refractivity contribution in [2.45, 2.75) is 271 Å². The van der Waals surface area contributed by atoms with Gasteiger partial charge < -0.3 is 14.2 Å². The molecule has 0 radical (unpaired) electrons. The van der Waals surface area contributed by atoms with Gasteiger partial charge in [0.1, 0.15) is 6.61 Å². The molecule has 0 heterocycles. The summed E-state index contributed by atoms with van der Waals surface area (Å²) in [5.74, 6) is -0.419. The van der Waals surface area contributed by atoms with Crippen molar-refractivity contribution in [2.24, 2.45) is 0 Å². The molecule has 5 heteroatoms. The number of hydrogen-bond donors (Lipinski definition) is 0. The lowest BCUT2D eigenvalue weighted by Crippen LogP contribution is -2.30. The van der Waals surface area contributed by atoms with Crippen LogP contribution in [0.1, 0.15) is 265 Å². The summed E-state index contributed by atoms with van der Waals surface area (Å²) < 4.78 is 17.4. The zero-order chi connectivity index (χ0) is 44.9. The van der Waals surface area contributed by atoms with E-state index < -0.39 is 6.10 Å². The molecule has 0 saturated carbocycles. The summed E-state index contributed by atoms with van der Waals surface area (Å²) in [4.78, 5) is 25.4. The second-order valence-corrected chi connectivity index (χ2v) is 17.8. The van der Waals surface area contributed by atoms with Gasteiger partial charge in [0.2, 0.25) is 0 Å². The highest BCUT2D eigenvalue weighted by atomic mass is 16.6. The quantitative estimate of drug-likeness (QED) is 0.0346. The van der Waals surface area contributed by atoms with Gasteiger partial charge in [-0.2, -0.15) is 0 Å². The van der Waals surface area contributed by atoms with Gasteiger partial charge in [-0.15, -0.1) is 0 Å². The van der Waals surface area contributed by atoms with Crippen molar-refractivity contribution < 1.29 is 23.8 Å². The Morgan fingerprint density at radius 2 is 0.677 bits per heavy atom. The van der Waals surface area contributed by atoms with E-state index in [9.17, 15) is 9.59 Å². The van der Waals surface area contributed by atoms with E-state index in [4.69, 9.17) is 14.2 Å². The van der Waals surface area contributed by atoms with Crippen molar-refractivity contribution in [3.05, 3.63) is 60.8 Å². The molecule has 360 valence electrons. The van der Waals surface area contributed by atoms with Gasteiger partial charge in [-0.25, -0.2) is 0 Å². The predicted octanol–water partition coefficient (Wildman–Crippen LogP) is 18.1. The Balaban J connectivity index is 4.28. The van der Waals surface area contributed by atoms with Crippen LogP contribution in [0.25, 0.3) is 0 Å². The molecule has 0 spiro atoms. The topological polar surface area (TPSA) is 61.8 Å². The Morgan fingerprint density at radius 3 is 1.11 bits per heavy atom. The minimum Gasteiger partial charge on any atom is -0.462 e. The fourth-order valence-electron chi connectivity index (χ4n) is 7.49. The smallest absolute Gasteiger partial charge is 0.306 e. The Morgan fingerprint density at radius 1 is 0.355 bits per heavy atom. The molecule has 0 amide bonds. The summed E-state index contributed by atoms with van der Waals surface area (Å²) in [5, 5.41) is 0. The molecule has 0 N–H and O–H groups in total. The van der Waals surface area contributed by atoms with Crippen LogP contribution in [-0.4, -0.2) is 37.9 Å². The lowest BCUT2D eigenvalue weighted by molar-refractivity contribution is -0.163. The molecular formula is C57H102O5. The normalized spacial score (nSPS) is 12.6. The first kappa shape index (κ1) is 59.6. The standard InChI is InChI=1S/C57H102O5/c1-4-7-10-13-16-19-22-25-27-28-29-30-32-33-35-38-41-44-47-50-56(58)61-54-55(53-60-52-49-46-43-40-37-24-21-18-15-12-9-6-3)62-57(59)51-48-45-42-39-36-34-31-26-23-20-17-14-11-8-5-2/h16-17,19-20,25-27,29-31,55H,4-15,18,21-24,28,32-54H2,1-3H3/b19-16-,20-17-,27-25-,30-29-,31-26-. The molecule has 0 aliphatic rings. The van der Waals surface area contributed by atoms with Gasteiger partial charge in [0.05, 0.1) is 6.61 Å². The Bertz CT molecular complexity index is 1070. The summed E-state index contributed by atoms with van der Waals surface area (Å²) in [6, 6.07) is 0. The van der Waals surface area contributed by atoms with E-state index in [2.05, 4.69) is 81.5 Å². The molecule has 62 heavy (non-hydrogen) atoms. The number of carbonyl (C=O) groups excluding carboxylic acids is 2. The molecule has 1 atom stereocenters. The van der Waals surface area contributed by atoms with E-state index in [1.807, 2.05) is 0 Å². The van der Waals surface area contributed by atoms with E-state index >= 15 is 0 Å². The highest BCUT2D eigenvalue weighted by molar-refractivity contribution is 5.70. The average molecular weight is 867 g/mol. The highest BCUT2D eigenvalue weighted by Crippen LogP contribution is 2.14. The number of unbranched alkanes of at least 4 members (excludes halogenated alkanes) is 28. The molecule has 0 aliphatic heterocycles. The van der Waals surface area contributed by atoms with Crippen molar-refractivity contribution in [3.63, 3.8) is 0 Å². The van der Waals surface area contributed by atoms with Crippen molar-refractivity contribution in [1.82, 2.24) is 0 Å². The lowest BCUT2D eigenvalue weighted by atomic mass is 10.1. The molecule has 0 aromatic carbocycles. The Hall–Kier alpha value is -2.40. The molecule has 0 bridgehead atoms. The van der Waals surface area contributed by atoms with Gasteiger partial charge in [0, 0.05) is 19.4 Å². The Kier molecular flexibility index (Phi) is 50.9. The van der Waals surface area contributed by atoms with E-state index in [-0.39, 0.29) is 25.2 Å². The molecular weight excluding hydrogens is 765 g/mol. The zero-order valence-corrected chi connectivity index (χ0v) is 41.4. The van der Waals surface area contributed by atoms with E-state index in [1.54, 1.807) is 0 Å². The summed E-state index contributed by atoms with van der Waals surface area (Å²) in [7, 11) is 0. The molecule has 0 aromatic rings. The third kappa shape index (κ3) is 50.2. The number of ether oxygens (including phenoxy) is 3. The third-order valence-corrected chi connectivity index (χ3v) is 11.5. The second kappa shape index (κ2) is 52.9. The first-order chi connectivity index (χ1) is 30.6. The fraction of sp³-hybridized carbons (Fsp3) is 0.789. The van der Waals surface area contributed by atoms with Crippen LogP contribution in [0.15, 0.2) is 60.8 Å². The van der Waals surface area contributed by atoms with Gasteiger partial charge >= 0.3 is 11.9 Å². The van der Waals surface area contributed by atoms with Crippen molar-refractivity contribution >= 4 is 11.9 Å². The second-order valence-electron chi connectivity index (χ2n) is 17.8. The maximum absolute atomic E-state index is 12.8. The molecule has 0 rings (SSSR count). The van der Waals surface area contributed by atoms with Crippen LogP contribution in [0.4, 0.5) is 0 Å². The molecule has 0 aromatic heterocycles. The Labute approximate surface area is 385 Å². The summed E-state index contributed by atoms with van der Waals surface area (Å²) in [6.07, 6.45) is 66.5. The van der Waals surface area contributed by atoms with E-state index in [1.165, 1.54) is 148 Å². The van der Waals surface area contributed by atoms with Crippen LogP contribution in [0.5, 0.6) is 0 Å². The van der Waals surface area contributed by atoms with Crippen LogP contribution in [-0.2, 0) is 23.8 Å². The van der Waals surface area contributed by atoms with Gasteiger partial charge in [0.25, 0.3) is 0 Å². The van der Waals surface area contributed by atoms with Crippen LogP contribution in [0.3, 0.4) is 0 Å². The summed E-state index contributed by atoms with van der Waals surface area (Å²) in [5.41, 5.74) is 0. The zero-order valence-electron chi connectivity index (χ0n) is 41.4. The third-order valence-electron chi connectivity index (χ3n) is 11.5. The van der Waals surface area contributed by atoms with Crippen LogP contribution >= 0.6 is 0 Å². The van der Waals surface area contributed by atoms with Crippen LogP contribution in [0.2, 0.25) is 0 Å². The SMILES string of the molecule is CCCCC/C=C\C/C=C\C/C=C\CCCCCCCCC(=O)OCC(COCCCCCCCCCCCCCC)OC(=O)CCCCCCC/C=C\C/C=C\CCCCC. The maximum Gasteiger partial charge on any atom is 0.306 e. The molecule has 1 unspecified atom stereocenters. The summed E-state index contributed by atoms with van der Waals surface area (Å²) >= 11 is 0. The van der Waals surface area contributed by atoms with Crippen molar-refractivity contribution in [3.8, 4) is 0 Å². The molecule has 0 aliphatic carbocycles. The van der Waals surface area contributed by atoms with Gasteiger partial charge in [-0.05, 0) is 89.9 Å². The van der Waals surface area contributed by atoms with Gasteiger partial charge in [0.15, 0.2) is 6.10 Å². The van der Waals surface area contributed by atoms with Crippen molar-refractivity contribution in [1.29, 1.82) is 0 Å². The lowest BCUT2D eigenvalue weighted by Gasteiger charge is -2.18. The first-order valence-electron chi connectivity index (χ1n) is 26.8. The minimum atomic E-state index is -0.547. The number of carbonyl (C=O) groups is 2. The van der Waals surface area contributed by atoms with Crippen molar-refractivity contribution in [2.75, 3.05) is 19.8 Å². The number of allylic oxidation sites excluding steroid dienone is 10. The van der Waals surface area contributed by atoms with E-state index in [0.29, 0.717) is 19.4 Å². The summed E-state index contributed by atoms with van der Waals surface area (Å²) in [6.45, 7) is 7.77. The number of esters is 2. The largest absolute Gasteiger partial charge is 0.462 e. The minimum absolute atomic E-state index is 0.0741. The monoisotopic (exact) mass is 867 g/mol.